The van der Waals surface area contributed by atoms with E-state index < -0.39 is 36.5 Å². The Bertz CT molecular complexity index is 2040. The molecule has 21 nitrogen and oxygen atoms in total. The zero-order valence-electron chi connectivity index (χ0n) is 28.7. The number of aromatic nitrogens is 12. The van der Waals surface area contributed by atoms with Gasteiger partial charge in [-0.15, -0.1) is 40.8 Å². The molecule has 55 heavy (non-hydrogen) atoms. The van der Waals surface area contributed by atoms with Gasteiger partial charge in [0.15, 0.2) is 0 Å². The van der Waals surface area contributed by atoms with Crippen molar-refractivity contribution in [2.75, 3.05) is 36.9 Å². The average molecular weight is 743 g/mol. The molecule has 0 aliphatic heterocycles. The van der Waals surface area contributed by atoms with E-state index in [1.54, 1.807) is 73.1 Å². The summed E-state index contributed by atoms with van der Waals surface area (Å²) in [6, 6.07) is 17.0. The average Bonchev–Trinajstić information content (AvgIpc) is 3.22. The highest BCUT2D eigenvalue weighted by atomic mass is 16.5. The highest BCUT2D eigenvalue weighted by molar-refractivity contribution is 6.04. The second kappa shape index (κ2) is 18.7. The van der Waals surface area contributed by atoms with Crippen molar-refractivity contribution in [2.24, 2.45) is 0 Å². The zero-order valence-corrected chi connectivity index (χ0v) is 28.7. The Balaban J connectivity index is 0.807. The number of nitrogens with zero attached hydrogens (tertiary/aromatic N) is 12. The lowest BCUT2D eigenvalue weighted by molar-refractivity contribution is -0.128. The van der Waals surface area contributed by atoms with Crippen LogP contribution in [0.4, 0.5) is 11.4 Å². The van der Waals surface area contributed by atoms with Crippen LogP contribution in [0.1, 0.15) is 12.8 Å². The summed E-state index contributed by atoms with van der Waals surface area (Å²) in [5.74, 6) is -1.18. The Morgan fingerprint density at radius 3 is 1.16 bits per heavy atom. The molecule has 6 rings (SSSR count). The van der Waals surface area contributed by atoms with Gasteiger partial charge in [0.1, 0.15) is 35.6 Å². The fraction of sp³-hybridized carbons (Fsp3) is 0.176. The largest absolute Gasteiger partial charge is 0.378 e. The summed E-state index contributed by atoms with van der Waals surface area (Å²) < 4.78 is 5.40. The molecule has 0 aliphatic rings. The van der Waals surface area contributed by atoms with Gasteiger partial charge in [-0.1, -0.05) is 12.1 Å². The Hall–Kier alpha value is -7.68. The number of carbonyl (C=O) groups is 4. The molecule has 276 valence electrons. The lowest BCUT2D eigenvalue weighted by atomic mass is 10.3. The van der Waals surface area contributed by atoms with Crippen LogP contribution >= 0.6 is 0 Å². The summed E-state index contributed by atoms with van der Waals surface area (Å²) in [6.07, 6.45) is 5.18. The third-order valence-electron chi connectivity index (χ3n) is 7.08. The zero-order chi connectivity index (χ0) is 38.2. The molecule has 0 fully saturated rings. The Labute approximate surface area is 311 Å². The fourth-order valence-electron chi connectivity index (χ4n) is 4.51. The van der Waals surface area contributed by atoms with Gasteiger partial charge in [0.2, 0.25) is 46.9 Å². The number of hydrogen-bond acceptors (Lipinski definition) is 17. The number of anilines is 2. The molecule has 6 heterocycles. The first-order valence-corrected chi connectivity index (χ1v) is 16.5. The van der Waals surface area contributed by atoms with Crippen molar-refractivity contribution in [3.8, 4) is 46.1 Å². The predicted molar refractivity (Wildman–Crippen MR) is 191 cm³/mol. The SMILES string of the molecule is O=C(CC(=O)Nc1ccc(-c2nnc(-c3ccccn3)nn2)nc1)NCCOCCNC(=O)CC(=O)Nc1ccc(-c2nnc(-c3ccccn3)nn2)nc1. The Morgan fingerprint density at radius 1 is 0.455 bits per heavy atom. The number of hydrogen-bond donors (Lipinski definition) is 4. The van der Waals surface area contributed by atoms with Gasteiger partial charge in [0, 0.05) is 25.5 Å². The summed E-state index contributed by atoms with van der Waals surface area (Å²) >= 11 is 0. The minimum absolute atomic E-state index is 0.137. The molecule has 4 amide bonds. The van der Waals surface area contributed by atoms with Crippen LogP contribution in [0.25, 0.3) is 46.1 Å². The van der Waals surface area contributed by atoms with Crippen LogP contribution in [0.2, 0.25) is 0 Å². The lowest BCUT2D eigenvalue weighted by Crippen LogP contribution is -2.33. The predicted octanol–water partition coefficient (Wildman–Crippen LogP) is 0.701. The van der Waals surface area contributed by atoms with Gasteiger partial charge in [0.05, 0.1) is 37.0 Å². The number of carbonyl (C=O) groups excluding carboxylic acids is 4. The molecule has 21 heteroatoms. The van der Waals surface area contributed by atoms with Crippen molar-refractivity contribution in [3.63, 3.8) is 0 Å². The monoisotopic (exact) mass is 742 g/mol. The molecule has 6 aromatic heterocycles. The second-order valence-electron chi connectivity index (χ2n) is 11.2. The van der Waals surface area contributed by atoms with E-state index in [4.69, 9.17) is 4.74 Å². The van der Waals surface area contributed by atoms with Gasteiger partial charge >= 0.3 is 0 Å². The van der Waals surface area contributed by atoms with E-state index in [0.717, 1.165) is 0 Å². The number of amides is 4. The van der Waals surface area contributed by atoms with E-state index in [2.05, 4.69) is 82.0 Å². The smallest absolute Gasteiger partial charge is 0.233 e. The van der Waals surface area contributed by atoms with Crippen LogP contribution in [-0.2, 0) is 23.9 Å². The maximum absolute atomic E-state index is 12.3. The first kappa shape index (κ1) is 37.1. The fourth-order valence-corrected chi connectivity index (χ4v) is 4.51. The Kier molecular flexibility index (Phi) is 12.6. The molecule has 0 aliphatic carbocycles. The Morgan fingerprint density at radius 2 is 0.836 bits per heavy atom. The molecule has 0 saturated heterocycles. The van der Waals surface area contributed by atoms with Crippen molar-refractivity contribution in [3.05, 3.63) is 85.5 Å². The summed E-state index contributed by atoms with van der Waals surface area (Å²) in [4.78, 5) is 65.7. The van der Waals surface area contributed by atoms with Crippen LogP contribution < -0.4 is 21.3 Å². The quantitative estimate of drug-likeness (QED) is 0.0784. The molecule has 0 spiro atoms. The molecule has 0 radical (unpaired) electrons. The first-order chi connectivity index (χ1) is 26.9. The number of nitrogens with one attached hydrogen (secondary N) is 4. The van der Waals surface area contributed by atoms with Gasteiger partial charge in [-0.3, -0.25) is 39.1 Å². The van der Waals surface area contributed by atoms with E-state index in [0.29, 0.717) is 34.2 Å². The van der Waals surface area contributed by atoms with E-state index in [9.17, 15) is 19.2 Å². The minimum atomic E-state index is -0.542. The van der Waals surface area contributed by atoms with Crippen LogP contribution in [0.15, 0.2) is 85.5 Å². The molecular formula is C34H30N16O5. The standard InChI is InChI=1S/C34H30N16O5/c51-27(17-29(53)41-21-7-9-25(39-19-21)33-47-43-31(44-48-33)23-5-1-3-11-35-23)37-13-15-55-16-14-38-28(52)18-30(54)42-22-8-10-26(40-20-22)34-49-45-32(46-50-34)24-6-2-4-12-36-24/h1-12,19-20H,13-18H2,(H,37,51)(H,38,52)(H,41,53)(H,42,54). The summed E-state index contributed by atoms with van der Waals surface area (Å²) in [5, 5.41) is 42.6. The van der Waals surface area contributed by atoms with Crippen molar-refractivity contribution >= 4 is 35.0 Å². The highest BCUT2D eigenvalue weighted by Crippen LogP contribution is 2.17. The van der Waals surface area contributed by atoms with Gasteiger partial charge in [-0.05, 0) is 48.5 Å². The summed E-state index contributed by atoms with van der Waals surface area (Å²) in [6.45, 7) is 0.557. The van der Waals surface area contributed by atoms with E-state index in [1.165, 1.54) is 12.4 Å². The van der Waals surface area contributed by atoms with Crippen LogP contribution in [-0.4, -0.2) is 111 Å². The second-order valence-corrected chi connectivity index (χ2v) is 11.2. The first-order valence-electron chi connectivity index (χ1n) is 16.5. The molecule has 4 N–H and O–H groups in total. The molecule has 0 unspecified atom stereocenters. The molecule has 6 aromatic rings. The normalized spacial score (nSPS) is 10.6. The number of ether oxygens (including phenoxy) is 1. The van der Waals surface area contributed by atoms with Gasteiger partial charge in [-0.2, -0.15) is 0 Å². The van der Waals surface area contributed by atoms with Gasteiger partial charge < -0.3 is 26.0 Å². The summed E-state index contributed by atoms with van der Waals surface area (Å²) in [5.41, 5.74) is 2.58. The number of rotatable bonds is 16. The maximum atomic E-state index is 12.3. The highest BCUT2D eigenvalue weighted by Gasteiger charge is 2.14. The molecule has 0 saturated carbocycles. The van der Waals surface area contributed by atoms with Crippen LogP contribution in [0.5, 0.6) is 0 Å². The van der Waals surface area contributed by atoms with E-state index in [1.807, 2.05) is 0 Å². The van der Waals surface area contributed by atoms with E-state index in [-0.39, 0.29) is 49.6 Å². The van der Waals surface area contributed by atoms with Crippen LogP contribution in [0, 0.1) is 0 Å². The van der Waals surface area contributed by atoms with Gasteiger partial charge in [-0.25, -0.2) is 0 Å². The van der Waals surface area contributed by atoms with Crippen molar-refractivity contribution in [1.82, 2.24) is 71.4 Å². The van der Waals surface area contributed by atoms with Crippen LogP contribution in [0.3, 0.4) is 0 Å². The number of pyridine rings is 4. The van der Waals surface area contributed by atoms with Gasteiger partial charge in [0.25, 0.3) is 0 Å². The third kappa shape index (κ3) is 11.2. The molecular weight excluding hydrogens is 712 g/mol. The third-order valence-corrected chi connectivity index (χ3v) is 7.08. The van der Waals surface area contributed by atoms with Crippen molar-refractivity contribution < 1.29 is 23.9 Å². The molecule has 0 atom stereocenters. The topological polar surface area (TPSA) is 280 Å². The van der Waals surface area contributed by atoms with Crippen molar-refractivity contribution in [1.29, 1.82) is 0 Å². The van der Waals surface area contributed by atoms with Crippen molar-refractivity contribution in [2.45, 2.75) is 12.8 Å². The molecule has 0 bridgehead atoms. The van der Waals surface area contributed by atoms with E-state index >= 15 is 0 Å². The summed E-state index contributed by atoms with van der Waals surface area (Å²) in [7, 11) is 0. The lowest BCUT2D eigenvalue weighted by Gasteiger charge is -2.09. The maximum Gasteiger partial charge on any atom is 0.233 e. The molecule has 0 aromatic carbocycles. The minimum Gasteiger partial charge on any atom is -0.378 e.